The van der Waals surface area contributed by atoms with Crippen LogP contribution in [-0.2, 0) is 33.8 Å². The molecule has 10 heteroatoms. The molecule has 1 aromatic heterocycles. The lowest BCUT2D eigenvalue weighted by Crippen LogP contribution is -2.60. The standard InChI is InChI=1S/C30H33N5O4S/c31-17-22-8-6-21(7-9-22)16-24(28(38)30-32-14-15-40-30)33-29(39)25-12-11-23-18-34(19-27(37)35(23)25)26(36)13-10-20-4-2-1-3-5-20/h1-9,14-15,23-25H,10-13,16-19,31H2,(H,33,39)/t23-,24?,25?/m0/s1. The molecule has 0 bridgehead atoms. The summed E-state index contributed by atoms with van der Waals surface area (Å²) in [4.78, 5) is 60.3. The van der Waals surface area contributed by atoms with Gasteiger partial charge in [-0.15, -0.1) is 11.3 Å². The van der Waals surface area contributed by atoms with Crippen molar-refractivity contribution in [2.45, 2.75) is 56.8 Å². The molecule has 3 aromatic rings. The minimum Gasteiger partial charge on any atom is -0.344 e. The first kappa shape index (κ1) is 27.7. The zero-order valence-corrected chi connectivity index (χ0v) is 23.0. The lowest BCUT2D eigenvalue weighted by atomic mass is 10.0. The van der Waals surface area contributed by atoms with E-state index in [1.54, 1.807) is 21.4 Å². The van der Waals surface area contributed by atoms with Gasteiger partial charge in [0, 0.05) is 37.5 Å². The molecule has 3 heterocycles. The number of thiazole rings is 1. The summed E-state index contributed by atoms with van der Waals surface area (Å²) in [6.07, 6.45) is 3.92. The number of amides is 3. The molecule has 5 rings (SSSR count). The number of hydrogen-bond donors (Lipinski definition) is 2. The topological polar surface area (TPSA) is 126 Å². The maximum Gasteiger partial charge on any atom is 0.243 e. The van der Waals surface area contributed by atoms with Crippen LogP contribution in [0.1, 0.15) is 45.8 Å². The van der Waals surface area contributed by atoms with Crippen molar-refractivity contribution >= 4 is 34.8 Å². The van der Waals surface area contributed by atoms with Crippen LogP contribution in [0, 0.1) is 0 Å². The van der Waals surface area contributed by atoms with Crippen LogP contribution >= 0.6 is 11.3 Å². The van der Waals surface area contributed by atoms with Crippen LogP contribution in [0.15, 0.2) is 66.2 Å². The van der Waals surface area contributed by atoms with Gasteiger partial charge in [0.25, 0.3) is 0 Å². The number of benzene rings is 2. The minimum atomic E-state index is -0.822. The van der Waals surface area contributed by atoms with E-state index in [1.165, 1.54) is 11.3 Å². The number of aryl methyl sites for hydroxylation is 1. The van der Waals surface area contributed by atoms with Crippen molar-refractivity contribution in [2.24, 2.45) is 5.73 Å². The van der Waals surface area contributed by atoms with Gasteiger partial charge in [-0.3, -0.25) is 19.2 Å². The van der Waals surface area contributed by atoms with Crippen molar-refractivity contribution in [2.75, 3.05) is 13.1 Å². The molecule has 3 amide bonds. The maximum absolute atomic E-state index is 13.5. The molecule has 2 fully saturated rings. The summed E-state index contributed by atoms with van der Waals surface area (Å²) in [6, 6.07) is 15.7. The summed E-state index contributed by atoms with van der Waals surface area (Å²) in [5, 5.41) is 4.98. The highest BCUT2D eigenvalue weighted by Gasteiger charge is 2.46. The van der Waals surface area contributed by atoms with Gasteiger partial charge in [0.05, 0.1) is 18.6 Å². The average molecular weight is 560 g/mol. The Hall–Kier alpha value is -3.89. The van der Waals surface area contributed by atoms with Crippen LogP contribution in [-0.4, -0.2) is 69.5 Å². The quantitative estimate of drug-likeness (QED) is 0.368. The SMILES string of the molecule is NCc1ccc(CC(NC(=O)C2CC[C@H]3CN(C(=O)CCc4ccccc4)CC(=O)N23)C(=O)c2nccs2)cc1. The summed E-state index contributed by atoms with van der Waals surface area (Å²) in [6.45, 7) is 0.794. The molecule has 2 aromatic carbocycles. The molecule has 0 radical (unpaired) electrons. The van der Waals surface area contributed by atoms with Crippen molar-refractivity contribution in [1.82, 2.24) is 20.1 Å². The van der Waals surface area contributed by atoms with Crippen molar-refractivity contribution < 1.29 is 19.2 Å². The molecule has 2 aliphatic heterocycles. The summed E-state index contributed by atoms with van der Waals surface area (Å²) in [7, 11) is 0. The second kappa shape index (κ2) is 12.5. The molecule has 2 saturated heterocycles. The molecule has 0 aliphatic carbocycles. The van der Waals surface area contributed by atoms with Gasteiger partial charge in [0.2, 0.25) is 23.5 Å². The third-order valence-electron chi connectivity index (χ3n) is 7.65. The van der Waals surface area contributed by atoms with E-state index < -0.39 is 12.1 Å². The summed E-state index contributed by atoms with van der Waals surface area (Å²) in [5.74, 6) is -0.907. The predicted octanol–water partition coefficient (Wildman–Crippen LogP) is 2.35. The monoisotopic (exact) mass is 559 g/mol. The average Bonchev–Trinajstić information content (AvgIpc) is 3.67. The van der Waals surface area contributed by atoms with Gasteiger partial charge < -0.3 is 20.9 Å². The number of carbonyl (C=O) groups excluding carboxylic acids is 4. The van der Waals surface area contributed by atoms with Crippen molar-refractivity contribution in [3.05, 3.63) is 87.9 Å². The van der Waals surface area contributed by atoms with Gasteiger partial charge in [0.1, 0.15) is 6.04 Å². The number of nitrogens with two attached hydrogens (primary N) is 1. The molecule has 0 spiro atoms. The maximum atomic E-state index is 13.5. The van der Waals surface area contributed by atoms with E-state index in [1.807, 2.05) is 54.6 Å². The fraction of sp³-hybridized carbons (Fsp3) is 0.367. The van der Waals surface area contributed by atoms with Crippen molar-refractivity contribution in [3.8, 4) is 0 Å². The van der Waals surface area contributed by atoms with E-state index in [0.29, 0.717) is 50.2 Å². The number of carbonyl (C=O) groups is 4. The molecule has 2 aliphatic rings. The predicted molar refractivity (Wildman–Crippen MR) is 151 cm³/mol. The molecular weight excluding hydrogens is 526 g/mol. The van der Waals surface area contributed by atoms with E-state index in [4.69, 9.17) is 5.73 Å². The van der Waals surface area contributed by atoms with E-state index in [9.17, 15) is 19.2 Å². The van der Waals surface area contributed by atoms with E-state index >= 15 is 0 Å². The van der Waals surface area contributed by atoms with Crippen molar-refractivity contribution in [1.29, 1.82) is 0 Å². The summed E-state index contributed by atoms with van der Waals surface area (Å²) >= 11 is 1.23. The molecule has 40 heavy (non-hydrogen) atoms. The normalized spacial score (nSPS) is 19.3. The Bertz CT molecular complexity index is 1350. The largest absolute Gasteiger partial charge is 0.344 e. The number of nitrogens with one attached hydrogen (secondary N) is 1. The first-order chi connectivity index (χ1) is 19.4. The smallest absolute Gasteiger partial charge is 0.243 e. The molecule has 0 saturated carbocycles. The zero-order valence-electron chi connectivity index (χ0n) is 22.2. The number of Topliss-reactive ketones (excluding diaryl/α,β-unsaturated/α-hetero) is 1. The number of piperazine rings is 1. The first-order valence-corrected chi connectivity index (χ1v) is 14.5. The molecule has 2 unspecified atom stereocenters. The number of aromatic nitrogens is 1. The van der Waals surface area contributed by atoms with Gasteiger partial charge in [-0.2, -0.15) is 0 Å². The summed E-state index contributed by atoms with van der Waals surface area (Å²) in [5.41, 5.74) is 8.65. The molecule has 3 atom stereocenters. The zero-order chi connectivity index (χ0) is 28.1. The van der Waals surface area contributed by atoms with Crippen molar-refractivity contribution in [3.63, 3.8) is 0 Å². The molecule has 3 N–H and O–H groups in total. The van der Waals surface area contributed by atoms with Crippen LogP contribution in [0.5, 0.6) is 0 Å². The number of nitrogens with zero attached hydrogens (tertiary/aromatic N) is 3. The lowest BCUT2D eigenvalue weighted by molar-refractivity contribution is -0.151. The number of fused-ring (bicyclic) bond motifs is 1. The Morgan fingerprint density at radius 2 is 1.77 bits per heavy atom. The highest BCUT2D eigenvalue weighted by molar-refractivity contribution is 7.11. The van der Waals surface area contributed by atoms with Gasteiger partial charge >= 0.3 is 0 Å². The van der Waals surface area contributed by atoms with E-state index in [0.717, 1.165) is 16.7 Å². The fourth-order valence-electron chi connectivity index (χ4n) is 5.52. The molecule has 208 valence electrons. The van der Waals surface area contributed by atoms with E-state index in [-0.39, 0.29) is 36.1 Å². The number of ketones is 1. The minimum absolute atomic E-state index is 0.0388. The third-order valence-corrected chi connectivity index (χ3v) is 8.44. The third kappa shape index (κ3) is 6.29. The Balaban J connectivity index is 1.23. The Morgan fingerprint density at radius 3 is 2.48 bits per heavy atom. The van der Waals surface area contributed by atoms with Crippen LogP contribution < -0.4 is 11.1 Å². The van der Waals surface area contributed by atoms with Gasteiger partial charge in [-0.25, -0.2) is 4.98 Å². The Labute approximate surface area is 237 Å². The van der Waals surface area contributed by atoms with Crippen LogP contribution in [0.3, 0.4) is 0 Å². The van der Waals surface area contributed by atoms with E-state index in [2.05, 4.69) is 10.3 Å². The van der Waals surface area contributed by atoms with Crippen LogP contribution in [0.4, 0.5) is 0 Å². The highest BCUT2D eigenvalue weighted by Crippen LogP contribution is 2.29. The Morgan fingerprint density at radius 1 is 1.02 bits per heavy atom. The first-order valence-electron chi connectivity index (χ1n) is 13.6. The second-order valence-electron chi connectivity index (χ2n) is 10.3. The van der Waals surface area contributed by atoms with Gasteiger partial charge in [-0.1, -0.05) is 54.6 Å². The fourth-order valence-corrected chi connectivity index (χ4v) is 6.15. The number of rotatable bonds is 10. The number of hydrogen-bond acceptors (Lipinski definition) is 7. The van der Waals surface area contributed by atoms with Gasteiger partial charge in [-0.05, 0) is 36.0 Å². The Kier molecular flexibility index (Phi) is 8.66. The molecular formula is C30H33N5O4S. The summed E-state index contributed by atoms with van der Waals surface area (Å²) < 4.78 is 0. The molecule has 9 nitrogen and oxygen atoms in total. The van der Waals surface area contributed by atoms with Gasteiger partial charge in [0.15, 0.2) is 5.01 Å². The van der Waals surface area contributed by atoms with Crippen LogP contribution in [0.2, 0.25) is 0 Å². The lowest BCUT2D eigenvalue weighted by Gasteiger charge is -2.39. The van der Waals surface area contributed by atoms with Crippen LogP contribution in [0.25, 0.3) is 0 Å². The second-order valence-corrected chi connectivity index (χ2v) is 11.2. The highest BCUT2D eigenvalue weighted by atomic mass is 32.1.